The molecule has 0 saturated carbocycles. The first-order valence-corrected chi connectivity index (χ1v) is 8.57. The highest BCUT2D eigenvalue weighted by atomic mass is 16.5. The van der Waals surface area contributed by atoms with Crippen molar-refractivity contribution in [1.29, 1.82) is 0 Å². The standard InChI is InChI=1S/C18H25N3O5/c1-22-12-6-5-9-21(10-12)11-15-19-18(20-26-15)13-7-8-14(23-2)17(25-4)16(13)24-3/h7-8,12H,5-6,9-11H2,1-4H3/t12-/m0/s1. The fourth-order valence-corrected chi connectivity index (χ4v) is 3.25. The first-order chi connectivity index (χ1) is 12.7. The molecule has 0 N–H and O–H groups in total. The molecular formula is C18H25N3O5. The van der Waals surface area contributed by atoms with Gasteiger partial charge in [-0.05, 0) is 31.5 Å². The molecule has 0 spiro atoms. The summed E-state index contributed by atoms with van der Waals surface area (Å²) in [6, 6.07) is 3.62. The Hall–Kier alpha value is -2.32. The van der Waals surface area contributed by atoms with E-state index < -0.39 is 0 Å². The number of hydrogen-bond donors (Lipinski definition) is 0. The molecule has 1 aromatic carbocycles. The Morgan fingerprint density at radius 1 is 1.12 bits per heavy atom. The zero-order valence-corrected chi connectivity index (χ0v) is 15.7. The number of benzene rings is 1. The molecule has 8 nitrogen and oxygen atoms in total. The van der Waals surface area contributed by atoms with Gasteiger partial charge >= 0.3 is 0 Å². The van der Waals surface area contributed by atoms with Crippen molar-refractivity contribution in [2.24, 2.45) is 0 Å². The van der Waals surface area contributed by atoms with Crippen LogP contribution >= 0.6 is 0 Å². The number of piperidine rings is 1. The van der Waals surface area contributed by atoms with Crippen molar-refractivity contribution in [3.63, 3.8) is 0 Å². The van der Waals surface area contributed by atoms with Crippen LogP contribution in [0.3, 0.4) is 0 Å². The first kappa shape index (κ1) is 18.5. The number of methoxy groups -OCH3 is 4. The summed E-state index contributed by atoms with van der Waals surface area (Å²) in [5, 5.41) is 4.11. The van der Waals surface area contributed by atoms with E-state index in [-0.39, 0.29) is 6.10 Å². The van der Waals surface area contributed by atoms with Crippen molar-refractivity contribution in [3.05, 3.63) is 18.0 Å². The van der Waals surface area contributed by atoms with Gasteiger partial charge in [-0.3, -0.25) is 4.90 Å². The van der Waals surface area contributed by atoms with Crippen molar-refractivity contribution in [2.75, 3.05) is 41.5 Å². The third kappa shape index (κ3) is 3.76. The predicted octanol–water partition coefficient (Wildman–Crippen LogP) is 2.37. The van der Waals surface area contributed by atoms with Crippen LogP contribution in [0.1, 0.15) is 18.7 Å². The molecule has 0 aliphatic carbocycles. The van der Waals surface area contributed by atoms with Gasteiger partial charge in [0.15, 0.2) is 11.5 Å². The Morgan fingerprint density at radius 2 is 1.92 bits per heavy atom. The molecule has 3 rings (SSSR count). The van der Waals surface area contributed by atoms with Crippen LogP contribution in [0.5, 0.6) is 17.2 Å². The summed E-state index contributed by atoms with van der Waals surface area (Å²) in [4.78, 5) is 6.79. The van der Waals surface area contributed by atoms with Gasteiger partial charge in [-0.2, -0.15) is 4.98 Å². The lowest BCUT2D eigenvalue weighted by Gasteiger charge is -2.30. The SMILES string of the molecule is COc1ccc(-c2noc(CN3CCC[C@H](OC)C3)n2)c(OC)c1OC. The fraction of sp³-hybridized carbons (Fsp3) is 0.556. The molecule has 1 saturated heterocycles. The summed E-state index contributed by atoms with van der Waals surface area (Å²) in [6.07, 6.45) is 2.45. The summed E-state index contributed by atoms with van der Waals surface area (Å²) < 4.78 is 27.1. The molecule has 0 bridgehead atoms. The van der Waals surface area contributed by atoms with Crippen LogP contribution < -0.4 is 14.2 Å². The molecule has 1 fully saturated rings. The summed E-state index contributed by atoms with van der Waals surface area (Å²) in [7, 11) is 6.46. The highest BCUT2D eigenvalue weighted by Gasteiger charge is 2.23. The Labute approximate surface area is 153 Å². The normalized spacial score (nSPS) is 17.9. The Bertz CT molecular complexity index is 734. The highest BCUT2D eigenvalue weighted by Crippen LogP contribution is 2.43. The van der Waals surface area contributed by atoms with Gasteiger partial charge in [0.2, 0.25) is 17.5 Å². The van der Waals surface area contributed by atoms with Gasteiger partial charge in [-0.1, -0.05) is 5.16 Å². The monoisotopic (exact) mass is 363 g/mol. The van der Waals surface area contributed by atoms with Crippen LogP contribution in [0.2, 0.25) is 0 Å². The average molecular weight is 363 g/mol. The lowest BCUT2D eigenvalue weighted by Crippen LogP contribution is -2.38. The van der Waals surface area contributed by atoms with Gasteiger partial charge in [-0.15, -0.1) is 0 Å². The minimum Gasteiger partial charge on any atom is -0.493 e. The smallest absolute Gasteiger partial charge is 0.241 e. The van der Waals surface area contributed by atoms with Gasteiger partial charge in [0, 0.05) is 13.7 Å². The molecule has 0 unspecified atom stereocenters. The molecule has 0 amide bonds. The number of nitrogens with zero attached hydrogens (tertiary/aromatic N) is 3. The molecule has 0 radical (unpaired) electrons. The van der Waals surface area contributed by atoms with E-state index in [1.807, 2.05) is 6.07 Å². The maximum Gasteiger partial charge on any atom is 0.241 e. The molecule has 1 aliphatic heterocycles. The Morgan fingerprint density at radius 3 is 2.62 bits per heavy atom. The van der Waals surface area contributed by atoms with E-state index in [4.69, 9.17) is 23.5 Å². The van der Waals surface area contributed by atoms with Gasteiger partial charge in [-0.25, -0.2) is 0 Å². The minimum atomic E-state index is 0.261. The van der Waals surface area contributed by atoms with E-state index in [1.54, 1.807) is 34.5 Å². The van der Waals surface area contributed by atoms with Crippen molar-refractivity contribution in [1.82, 2.24) is 15.0 Å². The van der Waals surface area contributed by atoms with Crippen molar-refractivity contribution in [2.45, 2.75) is 25.5 Å². The number of rotatable bonds is 7. The summed E-state index contributed by atoms with van der Waals surface area (Å²) in [5.41, 5.74) is 0.688. The molecule has 142 valence electrons. The van der Waals surface area contributed by atoms with E-state index in [2.05, 4.69) is 15.0 Å². The number of likely N-dealkylation sites (tertiary alicyclic amines) is 1. The van der Waals surface area contributed by atoms with Crippen LogP contribution in [-0.2, 0) is 11.3 Å². The minimum absolute atomic E-state index is 0.261. The molecule has 26 heavy (non-hydrogen) atoms. The molecule has 1 atom stereocenters. The Balaban J connectivity index is 1.81. The molecule has 8 heteroatoms. The van der Waals surface area contributed by atoms with Crippen molar-refractivity contribution in [3.8, 4) is 28.6 Å². The van der Waals surface area contributed by atoms with E-state index in [1.165, 1.54) is 0 Å². The van der Waals surface area contributed by atoms with E-state index in [9.17, 15) is 0 Å². The van der Waals surface area contributed by atoms with Gasteiger partial charge in [0.1, 0.15) is 0 Å². The largest absolute Gasteiger partial charge is 0.493 e. The van der Waals surface area contributed by atoms with E-state index in [0.29, 0.717) is 41.1 Å². The molecular weight excluding hydrogens is 338 g/mol. The summed E-state index contributed by atoms with van der Waals surface area (Å²) in [5.74, 6) is 2.61. The van der Waals surface area contributed by atoms with Gasteiger partial charge in [0.25, 0.3) is 0 Å². The topological polar surface area (TPSA) is 79.1 Å². The molecule has 2 aromatic rings. The summed E-state index contributed by atoms with van der Waals surface area (Å²) >= 11 is 0. The van der Waals surface area contributed by atoms with Crippen molar-refractivity contribution < 1.29 is 23.5 Å². The molecule has 1 aromatic heterocycles. The van der Waals surface area contributed by atoms with Crippen LogP contribution in [0.15, 0.2) is 16.7 Å². The number of ether oxygens (including phenoxy) is 4. The highest BCUT2D eigenvalue weighted by molar-refractivity contribution is 5.71. The second-order valence-electron chi connectivity index (χ2n) is 6.13. The number of hydrogen-bond acceptors (Lipinski definition) is 8. The van der Waals surface area contributed by atoms with Crippen LogP contribution in [0.4, 0.5) is 0 Å². The molecule has 1 aliphatic rings. The molecule has 2 heterocycles. The van der Waals surface area contributed by atoms with Crippen LogP contribution in [0.25, 0.3) is 11.4 Å². The second kappa shape index (κ2) is 8.37. The zero-order valence-electron chi connectivity index (χ0n) is 15.7. The predicted molar refractivity (Wildman–Crippen MR) is 94.7 cm³/mol. The third-order valence-corrected chi connectivity index (χ3v) is 4.57. The summed E-state index contributed by atoms with van der Waals surface area (Å²) in [6.45, 7) is 2.47. The maximum absolute atomic E-state index is 5.50. The maximum atomic E-state index is 5.50. The first-order valence-electron chi connectivity index (χ1n) is 8.57. The fourth-order valence-electron chi connectivity index (χ4n) is 3.25. The zero-order chi connectivity index (χ0) is 18.5. The Kier molecular flexibility index (Phi) is 5.95. The lowest BCUT2D eigenvalue weighted by atomic mass is 10.1. The average Bonchev–Trinajstić information content (AvgIpc) is 3.14. The van der Waals surface area contributed by atoms with Crippen LogP contribution in [0, 0.1) is 0 Å². The number of aromatic nitrogens is 2. The van der Waals surface area contributed by atoms with Crippen molar-refractivity contribution >= 4 is 0 Å². The third-order valence-electron chi connectivity index (χ3n) is 4.57. The van der Waals surface area contributed by atoms with Gasteiger partial charge < -0.3 is 23.5 Å². The lowest BCUT2D eigenvalue weighted by molar-refractivity contribution is 0.0251. The second-order valence-corrected chi connectivity index (χ2v) is 6.13. The quantitative estimate of drug-likeness (QED) is 0.742. The van der Waals surface area contributed by atoms with Gasteiger partial charge in [0.05, 0.1) is 39.5 Å². The van der Waals surface area contributed by atoms with Crippen LogP contribution in [-0.4, -0.2) is 62.7 Å². The van der Waals surface area contributed by atoms with E-state index >= 15 is 0 Å². The van der Waals surface area contributed by atoms with E-state index in [0.717, 1.165) is 25.9 Å².